The zero-order valence-electron chi connectivity index (χ0n) is 21.2. The van der Waals surface area contributed by atoms with Gasteiger partial charge in [0.15, 0.2) is 9.84 Å². The molecule has 0 aliphatic heterocycles. The van der Waals surface area contributed by atoms with E-state index in [2.05, 4.69) is 20.6 Å². The zero-order chi connectivity index (χ0) is 28.9. The summed E-state index contributed by atoms with van der Waals surface area (Å²) in [6, 6.07) is 15.3. The predicted molar refractivity (Wildman–Crippen MR) is 149 cm³/mol. The third-order valence-corrected chi connectivity index (χ3v) is 6.76. The highest BCUT2D eigenvalue weighted by atomic mass is 35.5. The van der Waals surface area contributed by atoms with Crippen LogP contribution in [0.25, 0.3) is 10.9 Å². The Morgan fingerprint density at radius 3 is 2.60 bits per heavy atom. The minimum absolute atomic E-state index is 0.136. The monoisotopic (exact) mass is 585 g/mol. The molecular formula is C27H25ClFN5O5S. The summed E-state index contributed by atoms with van der Waals surface area (Å²) >= 11 is 6.42. The molecule has 4 rings (SSSR count). The molecule has 0 saturated carbocycles. The van der Waals surface area contributed by atoms with Gasteiger partial charge in [0, 0.05) is 17.3 Å². The molecule has 0 saturated heterocycles. The first kappa shape index (κ1) is 28.7. The Kier molecular flexibility index (Phi) is 8.80. The lowest BCUT2D eigenvalue weighted by Crippen LogP contribution is -2.35. The summed E-state index contributed by atoms with van der Waals surface area (Å²) in [5.74, 6) is -1.70. The number of carbonyl (C=O) groups is 2. The van der Waals surface area contributed by atoms with E-state index < -0.39 is 33.4 Å². The van der Waals surface area contributed by atoms with Gasteiger partial charge in [0.25, 0.3) is 0 Å². The second-order valence-electron chi connectivity index (χ2n) is 9.05. The Morgan fingerprint density at radius 2 is 1.90 bits per heavy atom. The van der Waals surface area contributed by atoms with Gasteiger partial charge >= 0.3 is 0 Å². The van der Waals surface area contributed by atoms with Crippen molar-refractivity contribution in [3.8, 4) is 5.75 Å². The van der Waals surface area contributed by atoms with Crippen LogP contribution in [0.3, 0.4) is 0 Å². The number of hydrogen-bond donors (Lipinski definition) is 3. The molecule has 0 bridgehead atoms. The van der Waals surface area contributed by atoms with Crippen LogP contribution in [-0.2, 0) is 26.0 Å². The molecule has 1 unspecified atom stereocenters. The molecular weight excluding hydrogens is 561 g/mol. The van der Waals surface area contributed by atoms with Gasteiger partial charge in [-0.05, 0) is 53.6 Å². The van der Waals surface area contributed by atoms with Crippen LogP contribution in [0.4, 0.5) is 15.9 Å². The fraction of sp³-hybridized carbons (Fsp3) is 0.185. The second kappa shape index (κ2) is 12.3. The van der Waals surface area contributed by atoms with Crippen molar-refractivity contribution in [2.45, 2.75) is 19.1 Å². The number of nitrogens with one attached hydrogen (secondary N) is 2. The highest BCUT2D eigenvalue weighted by Gasteiger charge is 2.21. The maximum absolute atomic E-state index is 13.4. The summed E-state index contributed by atoms with van der Waals surface area (Å²) in [4.78, 5) is 32.6. The Hall–Kier alpha value is -4.29. The molecule has 2 amide bonds. The van der Waals surface area contributed by atoms with Gasteiger partial charge in [0.05, 0.1) is 23.0 Å². The van der Waals surface area contributed by atoms with E-state index >= 15 is 0 Å². The lowest BCUT2D eigenvalue weighted by Gasteiger charge is -2.19. The third-order valence-electron chi connectivity index (χ3n) is 5.67. The maximum Gasteiger partial charge on any atom is 0.235 e. The Balaban J connectivity index is 1.56. The largest absolute Gasteiger partial charge is 0.487 e. The Labute approximate surface area is 234 Å². The first-order valence-electron chi connectivity index (χ1n) is 11.9. The number of rotatable bonds is 11. The van der Waals surface area contributed by atoms with Crippen molar-refractivity contribution in [1.82, 2.24) is 15.3 Å². The van der Waals surface area contributed by atoms with E-state index in [-0.39, 0.29) is 18.8 Å². The van der Waals surface area contributed by atoms with Crippen molar-refractivity contribution >= 4 is 55.7 Å². The minimum Gasteiger partial charge on any atom is -0.487 e. The standard InChI is InChI=1S/C27H25ClFN5O5S/c1-40(37,38)14-26(36)34-23(12-25(30)35)17-5-7-22-20(10-17)27(32-15-31-22)33-19-6-8-24(21(28)11-19)39-13-16-3-2-4-18(29)9-16/h2-11,15,23H,12-14H2,1H3,(H2,30,35)(H,34,36)(H,31,32,33). The molecule has 0 fully saturated rings. The molecule has 1 aromatic heterocycles. The van der Waals surface area contributed by atoms with Gasteiger partial charge in [-0.25, -0.2) is 22.8 Å². The molecule has 0 spiro atoms. The molecule has 1 atom stereocenters. The number of carbonyl (C=O) groups excluding carboxylic acids is 2. The average Bonchev–Trinajstić information content (AvgIpc) is 2.86. The van der Waals surface area contributed by atoms with Crippen molar-refractivity contribution in [2.24, 2.45) is 5.73 Å². The molecule has 1 heterocycles. The number of fused-ring (bicyclic) bond motifs is 1. The van der Waals surface area contributed by atoms with Crippen LogP contribution in [0.5, 0.6) is 5.75 Å². The first-order valence-corrected chi connectivity index (χ1v) is 14.3. The quantitative estimate of drug-likeness (QED) is 0.240. The number of sulfone groups is 1. The van der Waals surface area contributed by atoms with Gasteiger partial charge in [0.1, 0.15) is 36.1 Å². The molecule has 13 heteroatoms. The third kappa shape index (κ3) is 7.87. The van der Waals surface area contributed by atoms with Gasteiger partial charge in [-0.15, -0.1) is 0 Å². The smallest absolute Gasteiger partial charge is 0.235 e. The summed E-state index contributed by atoms with van der Waals surface area (Å²) in [6.45, 7) is 0.136. The van der Waals surface area contributed by atoms with E-state index in [0.717, 1.165) is 6.26 Å². The van der Waals surface area contributed by atoms with Crippen molar-refractivity contribution in [3.05, 3.63) is 89.0 Å². The fourth-order valence-corrected chi connectivity index (χ4v) is 4.73. The van der Waals surface area contributed by atoms with E-state index in [4.69, 9.17) is 22.1 Å². The first-order chi connectivity index (χ1) is 19.0. The highest BCUT2D eigenvalue weighted by Crippen LogP contribution is 2.32. The van der Waals surface area contributed by atoms with Gasteiger partial charge in [0.2, 0.25) is 11.8 Å². The number of ether oxygens (including phenoxy) is 1. The average molecular weight is 586 g/mol. The number of benzene rings is 3. The molecule has 0 aliphatic carbocycles. The summed E-state index contributed by atoms with van der Waals surface area (Å²) in [5, 5.41) is 6.62. The maximum atomic E-state index is 13.4. The topological polar surface area (TPSA) is 153 Å². The number of amides is 2. The van der Waals surface area contributed by atoms with Gasteiger partial charge in [-0.2, -0.15) is 0 Å². The number of nitrogens with zero attached hydrogens (tertiary/aromatic N) is 2. The van der Waals surface area contributed by atoms with Crippen LogP contribution >= 0.6 is 11.6 Å². The normalized spacial score (nSPS) is 12.1. The molecule has 0 aliphatic rings. The molecule has 10 nitrogen and oxygen atoms in total. The number of primary amides is 1. The predicted octanol–water partition coefficient (Wildman–Crippen LogP) is 3.82. The molecule has 3 aromatic carbocycles. The van der Waals surface area contributed by atoms with E-state index in [0.29, 0.717) is 44.3 Å². The van der Waals surface area contributed by atoms with Crippen molar-refractivity contribution in [2.75, 3.05) is 17.3 Å². The van der Waals surface area contributed by atoms with Crippen molar-refractivity contribution in [1.29, 1.82) is 0 Å². The Morgan fingerprint density at radius 1 is 1.10 bits per heavy atom. The second-order valence-corrected chi connectivity index (χ2v) is 11.6. The van der Waals surface area contributed by atoms with Crippen LogP contribution < -0.4 is 21.1 Å². The summed E-state index contributed by atoms with van der Waals surface area (Å²) in [6.07, 6.45) is 2.07. The number of anilines is 2. The van der Waals surface area contributed by atoms with Gasteiger partial charge < -0.3 is 21.1 Å². The van der Waals surface area contributed by atoms with Crippen molar-refractivity contribution in [3.63, 3.8) is 0 Å². The van der Waals surface area contributed by atoms with Crippen molar-refractivity contribution < 1.29 is 27.1 Å². The van der Waals surface area contributed by atoms with Crippen LogP contribution in [-0.4, -0.2) is 42.2 Å². The SMILES string of the molecule is CS(=O)(=O)CC(=O)NC(CC(N)=O)c1ccc2ncnc(Nc3ccc(OCc4cccc(F)c4)c(Cl)c3)c2c1. The number of aromatic nitrogens is 2. The molecule has 208 valence electrons. The van der Waals surface area contributed by atoms with E-state index in [1.165, 1.54) is 18.5 Å². The Bertz CT molecular complexity index is 1690. The molecule has 0 radical (unpaired) electrons. The summed E-state index contributed by atoms with van der Waals surface area (Å²) in [5.41, 5.74) is 7.70. The molecule has 40 heavy (non-hydrogen) atoms. The van der Waals surface area contributed by atoms with Crippen LogP contribution in [0.2, 0.25) is 5.02 Å². The summed E-state index contributed by atoms with van der Waals surface area (Å²) in [7, 11) is -3.57. The minimum atomic E-state index is -3.57. The molecule has 4 N–H and O–H groups in total. The van der Waals surface area contributed by atoms with E-state index in [9.17, 15) is 22.4 Å². The zero-order valence-corrected chi connectivity index (χ0v) is 22.8. The highest BCUT2D eigenvalue weighted by molar-refractivity contribution is 7.91. The van der Waals surface area contributed by atoms with E-state index in [1.54, 1.807) is 48.5 Å². The number of nitrogens with two attached hydrogens (primary N) is 1. The van der Waals surface area contributed by atoms with E-state index in [1.807, 2.05) is 0 Å². The number of halogens is 2. The van der Waals surface area contributed by atoms with Crippen LogP contribution in [0.15, 0.2) is 67.0 Å². The molecule has 4 aromatic rings. The summed E-state index contributed by atoms with van der Waals surface area (Å²) < 4.78 is 42.2. The van der Waals surface area contributed by atoms with Gasteiger partial charge in [-0.3, -0.25) is 9.59 Å². The number of hydrogen-bond acceptors (Lipinski definition) is 8. The fourth-order valence-electron chi connectivity index (χ4n) is 3.94. The lowest BCUT2D eigenvalue weighted by atomic mass is 10.0. The van der Waals surface area contributed by atoms with Crippen LogP contribution in [0.1, 0.15) is 23.6 Å². The lowest BCUT2D eigenvalue weighted by molar-refractivity contribution is -0.120. The van der Waals surface area contributed by atoms with Gasteiger partial charge in [-0.1, -0.05) is 29.8 Å². The van der Waals surface area contributed by atoms with Crippen LogP contribution in [0, 0.1) is 5.82 Å².